The van der Waals surface area contributed by atoms with Crippen molar-refractivity contribution in [2.24, 2.45) is 12.8 Å². The predicted molar refractivity (Wildman–Crippen MR) is 62.8 cm³/mol. The molecule has 0 bridgehead atoms. The molecule has 0 saturated carbocycles. The van der Waals surface area contributed by atoms with Crippen molar-refractivity contribution in [1.82, 2.24) is 14.8 Å². The van der Waals surface area contributed by atoms with Crippen molar-refractivity contribution in [2.75, 3.05) is 0 Å². The maximum atomic E-state index is 6.15. The Morgan fingerprint density at radius 3 is 2.88 bits per heavy atom. The number of aryl methyl sites for hydroxylation is 2. The summed E-state index contributed by atoms with van der Waals surface area (Å²) in [6, 6.07) is 5.96. The molecule has 0 aromatic carbocycles. The third-order valence-corrected chi connectivity index (χ3v) is 2.60. The summed E-state index contributed by atoms with van der Waals surface area (Å²) >= 11 is 0. The van der Waals surface area contributed by atoms with Crippen molar-refractivity contribution >= 4 is 0 Å². The van der Waals surface area contributed by atoms with E-state index in [9.17, 15) is 0 Å². The van der Waals surface area contributed by atoms with E-state index in [0.29, 0.717) is 0 Å². The highest BCUT2D eigenvalue weighted by molar-refractivity contribution is 5.17. The van der Waals surface area contributed by atoms with Crippen molar-refractivity contribution < 1.29 is 0 Å². The number of rotatable bonds is 3. The first-order chi connectivity index (χ1) is 7.66. The summed E-state index contributed by atoms with van der Waals surface area (Å²) in [5.41, 5.74) is 9.36. The summed E-state index contributed by atoms with van der Waals surface area (Å²) in [5, 5.41) is 4.29. The summed E-state index contributed by atoms with van der Waals surface area (Å²) < 4.78 is 1.84. The van der Waals surface area contributed by atoms with Crippen LogP contribution in [0.4, 0.5) is 0 Å². The van der Waals surface area contributed by atoms with E-state index in [0.717, 1.165) is 23.4 Å². The van der Waals surface area contributed by atoms with Gasteiger partial charge in [-0.15, -0.1) is 0 Å². The van der Waals surface area contributed by atoms with Crippen LogP contribution in [0.15, 0.2) is 30.6 Å². The molecule has 1 atom stereocenters. The molecule has 84 valence electrons. The van der Waals surface area contributed by atoms with Crippen LogP contribution in [0.1, 0.15) is 23.0 Å². The summed E-state index contributed by atoms with van der Waals surface area (Å²) in [6.45, 7) is 1.97. The number of nitrogens with zero attached hydrogens (tertiary/aromatic N) is 3. The Morgan fingerprint density at radius 1 is 1.50 bits per heavy atom. The zero-order valence-corrected chi connectivity index (χ0v) is 9.59. The molecule has 1 unspecified atom stereocenters. The maximum absolute atomic E-state index is 6.15. The number of pyridine rings is 1. The first-order valence-electron chi connectivity index (χ1n) is 5.32. The van der Waals surface area contributed by atoms with Gasteiger partial charge in [0.1, 0.15) is 0 Å². The summed E-state index contributed by atoms with van der Waals surface area (Å²) in [4.78, 5) is 4.08. The smallest absolute Gasteiger partial charge is 0.0597 e. The molecule has 0 amide bonds. The monoisotopic (exact) mass is 216 g/mol. The third-order valence-electron chi connectivity index (χ3n) is 2.60. The quantitative estimate of drug-likeness (QED) is 0.843. The van der Waals surface area contributed by atoms with Gasteiger partial charge < -0.3 is 5.73 Å². The highest BCUT2D eigenvalue weighted by Crippen LogP contribution is 2.15. The SMILES string of the molecule is Cc1cc(C(N)Cc2cccnc2)n(C)n1. The van der Waals surface area contributed by atoms with E-state index in [1.165, 1.54) is 0 Å². The number of aromatic nitrogens is 3. The molecule has 4 nitrogen and oxygen atoms in total. The van der Waals surface area contributed by atoms with Gasteiger partial charge in [0.15, 0.2) is 0 Å². The van der Waals surface area contributed by atoms with E-state index < -0.39 is 0 Å². The van der Waals surface area contributed by atoms with Crippen LogP contribution < -0.4 is 5.73 Å². The number of hydrogen-bond acceptors (Lipinski definition) is 3. The van der Waals surface area contributed by atoms with Crippen LogP contribution in [-0.4, -0.2) is 14.8 Å². The summed E-state index contributed by atoms with van der Waals surface area (Å²) in [6.07, 6.45) is 4.40. The summed E-state index contributed by atoms with van der Waals surface area (Å²) in [7, 11) is 1.92. The van der Waals surface area contributed by atoms with Gasteiger partial charge in [-0.3, -0.25) is 9.67 Å². The van der Waals surface area contributed by atoms with Crippen LogP contribution in [0.5, 0.6) is 0 Å². The Kier molecular flexibility index (Phi) is 3.01. The fraction of sp³-hybridized carbons (Fsp3) is 0.333. The van der Waals surface area contributed by atoms with Crippen molar-refractivity contribution in [3.8, 4) is 0 Å². The zero-order valence-electron chi connectivity index (χ0n) is 9.59. The summed E-state index contributed by atoms with van der Waals surface area (Å²) in [5.74, 6) is 0. The van der Waals surface area contributed by atoms with Crippen LogP contribution in [0, 0.1) is 6.92 Å². The lowest BCUT2D eigenvalue weighted by atomic mass is 10.1. The second kappa shape index (κ2) is 4.45. The maximum Gasteiger partial charge on any atom is 0.0597 e. The molecule has 0 spiro atoms. The highest BCUT2D eigenvalue weighted by atomic mass is 15.3. The van der Waals surface area contributed by atoms with Gasteiger partial charge in [0.2, 0.25) is 0 Å². The Bertz CT molecular complexity index is 461. The molecule has 2 aromatic heterocycles. The van der Waals surface area contributed by atoms with Crippen molar-refractivity contribution in [3.05, 3.63) is 47.5 Å². The van der Waals surface area contributed by atoms with Crippen LogP contribution in [0.2, 0.25) is 0 Å². The standard InChI is InChI=1S/C12H16N4/c1-9-6-12(16(2)15-9)11(13)7-10-4-3-5-14-8-10/h3-6,8,11H,7,13H2,1-2H3. The van der Waals surface area contributed by atoms with E-state index in [1.807, 2.05) is 43.0 Å². The minimum Gasteiger partial charge on any atom is -0.322 e. The van der Waals surface area contributed by atoms with Crippen LogP contribution in [0.25, 0.3) is 0 Å². The second-order valence-corrected chi connectivity index (χ2v) is 4.01. The van der Waals surface area contributed by atoms with E-state index in [-0.39, 0.29) is 6.04 Å². The first kappa shape index (κ1) is 10.8. The van der Waals surface area contributed by atoms with Gasteiger partial charge >= 0.3 is 0 Å². The Balaban J connectivity index is 2.14. The average Bonchev–Trinajstić information content (AvgIpc) is 2.59. The fourth-order valence-electron chi connectivity index (χ4n) is 1.86. The number of nitrogens with two attached hydrogens (primary N) is 1. The lowest BCUT2D eigenvalue weighted by Gasteiger charge is -2.11. The van der Waals surface area contributed by atoms with Gasteiger partial charge in [-0.25, -0.2) is 0 Å². The molecule has 0 aliphatic heterocycles. The second-order valence-electron chi connectivity index (χ2n) is 4.01. The Labute approximate surface area is 95.1 Å². The largest absolute Gasteiger partial charge is 0.322 e. The number of hydrogen-bond donors (Lipinski definition) is 1. The minimum absolute atomic E-state index is 0.0320. The first-order valence-corrected chi connectivity index (χ1v) is 5.32. The van der Waals surface area contributed by atoms with Gasteiger partial charge in [-0.05, 0) is 31.0 Å². The molecular formula is C12H16N4. The third kappa shape index (κ3) is 2.28. The van der Waals surface area contributed by atoms with E-state index in [4.69, 9.17) is 5.73 Å². The van der Waals surface area contributed by atoms with Gasteiger partial charge in [0.25, 0.3) is 0 Å². The van der Waals surface area contributed by atoms with Gasteiger partial charge in [-0.2, -0.15) is 5.10 Å². The molecule has 0 aliphatic rings. The Hall–Kier alpha value is -1.68. The van der Waals surface area contributed by atoms with Crippen LogP contribution >= 0.6 is 0 Å². The predicted octanol–water partition coefficient (Wildman–Crippen LogP) is 1.37. The van der Waals surface area contributed by atoms with Crippen molar-refractivity contribution in [3.63, 3.8) is 0 Å². The Morgan fingerprint density at radius 2 is 2.31 bits per heavy atom. The average molecular weight is 216 g/mol. The molecule has 2 heterocycles. The van der Waals surface area contributed by atoms with Crippen LogP contribution in [-0.2, 0) is 13.5 Å². The molecular weight excluding hydrogens is 200 g/mol. The minimum atomic E-state index is -0.0320. The molecule has 2 rings (SSSR count). The molecule has 2 aromatic rings. The van der Waals surface area contributed by atoms with E-state index in [1.54, 1.807) is 6.20 Å². The van der Waals surface area contributed by atoms with E-state index in [2.05, 4.69) is 10.1 Å². The zero-order chi connectivity index (χ0) is 11.5. The fourth-order valence-corrected chi connectivity index (χ4v) is 1.86. The molecule has 0 fully saturated rings. The molecule has 2 N–H and O–H groups in total. The lowest BCUT2D eigenvalue weighted by Crippen LogP contribution is -2.17. The normalized spacial score (nSPS) is 12.7. The van der Waals surface area contributed by atoms with Crippen molar-refractivity contribution in [2.45, 2.75) is 19.4 Å². The van der Waals surface area contributed by atoms with E-state index >= 15 is 0 Å². The molecule has 0 aliphatic carbocycles. The molecule has 4 heteroatoms. The van der Waals surface area contributed by atoms with Gasteiger partial charge in [-0.1, -0.05) is 6.07 Å². The topological polar surface area (TPSA) is 56.7 Å². The van der Waals surface area contributed by atoms with Crippen molar-refractivity contribution in [1.29, 1.82) is 0 Å². The van der Waals surface area contributed by atoms with Gasteiger partial charge in [0, 0.05) is 19.4 Å². The molecule has 0 radical (unpaired) electrons. The lowest BCUT2D eigenvalue weighted by molar-refractivity contribution is 0.614. The molecule has 0 saturated heterocycles. The van der Waals surface area contributed by atoms with Gasteiger partial charge in [0.05, 0.1) is 17.4 Å². The van der Waals surface area contributed by atoms with Crippen LogP contribution in [0.3, 0.4) is 0 Å². The molecule has 16 heavy (non-hydrogen) atoms. The highest BCUT2D eigenvalue weighted by Gasteiger charge is 2.12.